The molecule has 94 valence electrons. The van der Waals surface area contributed by atoms with Gasteiger partial charge in [-0.05, 0) is 12.8 Å². The molecule has 2 N–H and O–H groups in total. The first kappa shape index (κ1) is 14.9. The number of nitrogens with one attached hydrogen (secondary N) is 1. The molecule has 0 aromatic rings. The Morgan fingerprint density at radius 1 is 1.25 bits per heavy atom. The van der Waals surface area contributed by atoms with Crippen LogP contribution in [-0.2, 0) is 14.3 Å². The molecule has 0 saturated carbocycles. The molecule has 0 saturated heterocycles. The van der Waals surface area contributed by atoms with Crippen LogP contribution in [-0.4, -0.2) is 36.2 Å². The van der Waals surface area contributed by atoms with E-state index in [-0.39, 0.29) is 12.3 Å². The molecule has 5 nitrogen and oxygen atoms in total. The Morgan fingerprint density at radius 3 is 2.44 bits per heavy atom. The predicted molar refractivity (Wildman–Crippen MR) is 60.2 cm³/mol. The molecule has 1 amide bonds. The maximum Gasteiger partial charge on any atom is 0.326 e. The van der Waals surface area contributed by atoms with Crippen LogP contribution in [0.3, 0.4) is 0 Å². The van der Waals surface area contributed by atoms with Gasteiger partial charge in [-0.25, -0.2) is 4.79 Å². The number of carboxylic acid groups (broad SMARTS) is 1. The van der Waals surface area contributed by atoms with Crippen molar-refractivity contribution < 1.29 is 19.4 Å². The quantitative estimate of drug-likeness (QED) is 0.584. The van der Waals surface area contributed by atoms with Crippen LogP contribution in [0.4, 0.5) is 0 Å². The molecule has 0 radical (unpaired) electrons. The molecule has 0 aliphatic rings. The lowest BCUT2D eigenvalue weighted by molar-refractivity contribution is -0.142. The minimum Gasteiger partial charge on any atom is -0.480 e. The van der Waals surface area contributed by atoms with Crippen LogP contribution in [0.1, 0.15) is 39.5 Å². The summed E-state index contributed by atoms with van der Waals surface area (Å²) in [5, 5.41) is 11.3. The fourth-order valence-electron chi connectivity index (χ4n) is 1.22. The first-order valence-electron chi connectivity index (χ1n) is 5.71. The topological polar surface area (TPSA) is 75.6 Å². The second-order valence-corrected chi connectivity index (χ2v) is 3.61. The molecule has 0 spiro atoms. The minimum absolute atomic E-state index is 0.216. The zero-order chi connectivity index (χ0) is 12.4. The lowest BCUT2D eigenvalue weighted by atomic mass is 10.1. The monoisotopic (exact) mass is 231 g/mol. The van der Waals surface area contributed by atoms with Gasteiger partial charge in [-0.15, -0.1) is 0 Å². The van der Waals surface area contributed by atoms with E-state index < -0.39 is 12.0 Å². The molecule has 0 aromatic heterocycles. The van der Waals surface area contributed by atoms with Crippen molar-refractivity contribution in [3.63, 3.8) is 0 Å². The Labute approximate surface area is 96.2 Å². The molecular weight excluding hydrogens is 210 g/mol. The highest BCUT2D eigenvalue weighted by Crippen LogP contribution is 1.97. The number of carbonyl (C=O) groups excluding carboxylic acids is 1. The number of hydrogen-bond donors (Lipinski definition) is 2. The fourth-order valence-corrected chi connectivity index (χ4v) is 1.22. The fraction of sp³-hybridized carbons (Fsp3) is 0.818. The lowest BCUT2D eigenvalue weighted by Crippen LogP contribution is -2.40. The van der Waals surface area contributed by atoms with E-state index >= 15 is 0 Å². The van der Waals surface area contributed by atoms with E-state index in [0.717, 1.165) is 12.8 Å². The van der Waals surface area contributed by atoms with Gasteiger partial charge in [0.2, 0.25) is 5.91 Å². The number of aliphatic carboxylic acids is 1. The highest BCUT2D eigenvalue weighted by Gasteiger charge is 2.18. The summed E-state index contributed by atoms with van der Waals surface area (Å²) in [6, 6.07) is -0.774. The molecule has 1 atom stereocenters. The Bertz CT molecular complexity index is 218. The van der Waals surface area contributed by atoms with E-state index in [0.29, 0.717) is 19.6 Å². The highest BCUT2D eigenvalue weighted by atomic mass is 16.5. The zero-order valence-corrected chi connectivity index (χ0v) is 9.99. The minimum atomic E-state index is -0.982. The van der Waals surface area contributed by atoms with Gasteiger partial charge in [0, 0.05) is 13.0 Å². The van der Waals surface area contributed by atoms with Gasteiger partial charge < -0.3 is 15.2 Å². The third-order valence-electron chi connectivity index (χ3n) is 2.03. The number of amides is 1. The van der Waals surface area contributed by atoms with Crippen molar-refractivity contribution in [3.05, 3.63) is 0 Å². The van der Waals surface area contributed by atoms with Gasteiger partial charge in [0.1, 0.15) is 6.04 Å². The van der Waals surface area contributed by atoms with E-state index in [1.54, 1.807) is 0 Å². The van der Waals surface area contributed by atoms with Crippen LogP contribution in [0.25, 0.3) is 0 Å². The van der Waals surface area contributed by atoms with E-state index in [1.165, 1.54) is 0 Å². The molecule has 0 aromatic carbocycles. The summed E-state index contributed by atoms with van der Waals surface area (Å²) >= 11 is 0. The van der Waals surface area contributed by atoms with Gasteiger partial charge >= 0.3 is 5.97 Å². The Morgan fingerprint density at radius 2 is 1.94 bits per heavy atom. The van der Waals surface area contributed by atoms with Gasteiger partial charge in [-0.3, -0.25) is 4.79 Å². The summed E-state index contributed by atoms with van der Waals surface area (Å²) in [7, 11) is 0. The molecule has 0 aliphatic heterocycles. The number of carbonyl (C=O) groups is 2. The van der Waals surface area contributed by atoms with Crippen molar-refractivity contribution in [1.29, 1.82) is 0 Å². The molecule has 5 heteroatoms. The van der Waals surface area contributed by atoms with Crippen molar-refractivity contribution in [2.24, 2.45) is 0 Å². The van der Waals surface area contributed by atoms with Crippen molar-refractivity contribution in [3.8, 4) is 0 Å². The molecule has 0 fully saturated rings. The Kier molecular flexibility index (Phi) is 8.52. The number of ether oxygens (including phenoxy) is 1. The normalized spacial score (nSPS) is 12.1. The maximum absolute atomic E-state index is 11.3. The third kappa shape index (κ3) is 7.23. The molecule has 0 unspecified atom stereocenters. The SMILES string of the molecule is CCCOCCC(=O)N[C@H](CCC)C(=O)O. The summed E-state index contributed by atoms with van der Waals surface area (Å²) in [6.07, 6.45) is 2.31. The van der Waals surface area contributed by atoms with Crippen molar-refractivity contribution in [1.82, 2.24) is 5.32 Å². The van der Waals surface area contributed by atoms with Gasteiger partial charge in [0.25, 0.3) is 0 Å². The van der Waals surface area contributed by atoms with Gasteiger partial charge in [0.15, 0.2) is 0 Å². The van der Waals surface area contributed by atoms with Crippen LogP contribution < -0.4 is 5.32 Å². The van der Waals surface area contributed by atoms with Crippen molar-refractivity contribution in [2.75, 3.05) is 13.2 Å². The van der Waals surface area contributed by atoms with Gasteiger partial charge in [-0.1, -0.05) is 20.3 Å². The summed E-state index contributed by atoms with van der Waals surface area (Å²) < 4.78 is 5.15. The van der Waals surface area contributed by atoms with E-state index in [1.807, 2.05) is 13.8 Å². The smallest absolute Gasteiger partial charge is 0.326 e. The summed E-state index contributed by atoms with van der Waals surface area (Å²) in [6.45, 7) is 4.84. The lowest BCUT2D eigenvalue weighted by Gasteiger charge is -2.13. The molecule has 0 aliphatic carbocycles. The van der Waals surface area contributed by atoms with Crippen LogP contribution in [0.15, 0.2) is 0 Å². The van der Waals surface area contributed by atoms with Gasteiger partial charge in [-0.2, -0.15) is 0 Å². The molecule has 0 bridgehead atoms. The van der Waals surface area contributed by atoms with E-state index in [9.17, 15) is 9.59 Å². The van der Waals surface area contributed by atoms with Crippen molar-refractivity contribution >= 4 is 11.9 Å². The van der Waals surface area contributed by atoms with Crippen LogP contribution in [0.5, 0.6) is 0 Å². The molecule has 0 rings (SSSR count). The van der Waals surface area contributed by atoms with E-state index in [2.05, 4.69) is 5.32 Å². The first-order valence-corrected chi connectivity index (χ1v) is 5.71. The van der Waals surface area contributed by atoms with Crippen LogP contribution >= 0.6 is 0 Å². The Balaban J connectivity index is 3.77. The van der Waals surface area contributed by atoms with Crippen molar-refractivity contribution in [2.45, 2.75) is 45.6 Å². The van der Waals surface area contributed by atoms with E-state index in [4.69, 9.17) is 9.84 Å². The second kappa shape index (κ2) is 9.15. The zero-order valence-electron chi connectivity index (χ0n) is 9.99. The standard InChI is InChI=1S/C11H21NO4/c1-3-5-9(11(14)15)12-10(13)6-8-16-7-4-2/h9H,3-8H2,1-2H3,(H,12,13)(H,14,15)/t9-/m1/s1. The molecule has 16 heavy (non-hydrogen) atoms. The van der Waals surface area contributed by atoms with Crippen LogP contribution in [0.2, 0.25) is 0 Å². The van der Waals surface area contributed by atoms with Crippen LogP contribution in [0, 0.1) is 0 Å². The molecule has 0 heterocycles. The summed E-state index contributed by atoms with van der Waals surface area (Å²) in [5.74, 6) is -1.25. The first-order chi connectivity index (χ1) is 7.61. The number of hydrogen-bond acceptors (Lipinski definition) is 3. The average molecular weight is 231 g/mol. The second-order valence-electron chi connectivity index (χ2n) is 3.61. The highest BCUT2D eigenvalue weighted by molar-refractivity contribution is 5.83. The number of carboxylic acids is 1. The van der Waals surface area contributed by atoms with Gasteiger partial charge in [0.05, 0.1) is 6.61 Å². The Hall–Kier alpha value is -1.10. The maximum atomic E-state index is 11.3. The summed E-state index contributed by atoms with van der Waals surface area (Å²) in [5.41, 5.74) is 0. The average Bonchev–Trinajstić information content (AvgIpc) is 2.23. The predicted octanol–water partition coefficient (Wildman–Crippen LogP) is 1.17. The summed E-state index contributed by atoms with van der Waals surface area (Å²) in [4.78, 5) is 22.1. The largest absolute Gasteiger partial charge is 0.480 e. The third-order valence-corrected chi connectivity index (χ3v) is 2.03. The number of rotatable bonds is 9. The molecular formula is C11H21NO4.